The van der Waals surface area contributed by atoms with E-state index < -0.39 is 0 Å². The Bertz CT molecular complexity index is 4550. The molecule has 4 heterocycles. The summed E-state index contributed by atoms with van der Waals surface area (Å²) in [6.45, 7) is 13.8. The van der Waals surface area contributed by atoms with Crippen molar-refractivity contribution in [3.05, 3.63) is 272 Å². The normalized spacial score (nSPS) is 12.8. The summed E-state index contributed by atoms with van der Waals surface area (Å²) in [5.41, 5.74) is 23.7. The van der Waals surface area contributed by atoms with E-state index in [2.05, 4.69) is 280 Å². The van der Waals surface area contributed by atoms with E-state index in [1.807, 2.05) is 36.4 Å². The Labute approximate surface area is 492 Å². The van der Waals surface area contributed by atoms with Crippen LogP contribution in [-0.4, -0.2) is 26.2 Å². The van der Waals surface area contributed by atoms with E-state index >= 15 is 0 Å². The summed E-state index contributed by atoms with van der Waals surface area (Å²) in [5.74, 6) is 1.84. The molecule has 402 valence electrons. The third kappa shape index (κ3) is 8.52. The first kappa shape index (κ1) is 50.8. The van der Waals surface area contributed by atoms with Crippen LogP contribution in [0.5, 0.6) is 0 Å². The summed E-state index contributed by atoms with van der Waals surface area (Å²) in [7, 11) is 0. The first-order valence-electron chi connectivity index (χ1n) is 29.2. The molecule has 0 spiro atoms. The molecule has 0 saturated heterocycles. The highest BCUT2D eigenvalue weighted by molar-refractivity contribution is 7.00. The van der Waals surface area contributed by atoms with Crippen LogP contribution in [0.25, 0.3) is 83.9 Å². The Morgan fingerprint density at radius 3 is 1.30 bits per heavy atom. The van der Waals surface area contributed by atoms with Gasteiger partial charge in [-0.25, -0.2) is 15.0 Å². The lowest BCUT2D eigenvalue weighted by atomic mass is 9.33. The predicted octanol–water partition coefficient (Wildman–Crippen LogP) is 18.0. The van der Waals surface area contributed by atoms with Gasteiger partial charge in [0, 0.05) is 67.0 Å². The zero-order valence-electron chi connectivity index (χ0n) is 48.1. The molecule has 11 aromatic carbocycles. The fourth-order valence-electron chi connectivity index (χ4n) is 13.0. The van der Waals surface area contributed by atoms with Crippen molar-refractivity contribution < 1.29 is 0 Å². The second-order valence-electron chi connectivity index (χ2n) is 24.4. The molecule has 6 nitrogen and oxygen atoms in total. The Kier molecular flexibility index (Phi) is 12.0. The molecule has 0 amide bonds. The third-order valence-electron chi connectivity index (χ3n) is 17.1. The summed E-state index contributed by atoms with van der Waals surface area (Å²) in [6.07, 6.45) is 0. The van der Waals surface area contributed by atoms with Crippen LogP contribution < -0.4 is 26.2 Å². The molecule has 84 heavy (non-hydrogen) atoms. The van der Waals surface area contributed by atoms with Crippen molar-refractivity contribution >= 4 is 79.0 Å². The number of hydrogen-bond donors (Lipinski definition) is 0. The maximum atomic E-state index is 5.30. The van der Waals surface area contributed by atoms with Gasteiger partial charge < -0.3 is 14.4 Å². The molecule has 0 unspecified atom stereocenters. The number of anilines is 6. The van der Waals surface area contributed by atoms with Gasteiger partial charge in [-0.2, -0.15) is 0 Å². The SMILES string of the molecule is CC(C)(C)c1ccc2c(c1)c1cc(C(C)(C)C)ccc1n2-c1ccc(-c2nc(-c3ccccc3)nc(-c3ccccc3)n2)cc1-c1cccc(-c2ccc3c4c2N(c2ccccc2)c2ccccc2B4c2ccccc2N3c2ccccc2)c1. The number of nitrogens with zero attached hydrogens (tertiary/aromatic N) is 6. The highest BCUT2D eigenvalue weighted by Crippen LogP contribution is 2.49. The zero-order valence-corrected chi connectivity index (χ0v) is 48.1. The van der Waals surface area contributed by atoms with Gasteiger partial charge in [0.2, 0.25) is 0 Å². The maximum absolute atomic E-state index is 5.30. The van der Waals surface area contributed by atoms with E-state index in [9.17, 15) is 0 Å². The summed E-state index contributed by atoms with van der Waals surface area (Å²) >= 11 is 0. The van der Waals surface area contributed by atoms with Crippen LogP contribution in [-0.2, 0) is 10.8 Å². The molecule has 7 heteroatoms. The second-order valence-corrected chi connectivity index (χ2v) is 24.4. The molecule has 0 fully saturated rings. The first-order chi connectivity index (χ1) is 40.9. The number of aromatic nitrogens is 4. The quantitative estimate of drug-likeness (QED) is 0.142. The van der Waals surface area contributed by atoms with Crippen molar-refractivity contribution in [2.75, 3.05) is 9.80 Å². The van der Waals surface area contributed by atoms with Gasteiger partial charge in [0.25, 0.3) is 6.71 Å². The molecule has 0 atom stereocenters. The van der Waals surface area contributed by atoms with Gasteiger partial charge in [-0.1, -0.05) is 211 Å². The molecule has 15 rings (SSSR count). The van der Waals surface area contributed by atoms with Gasteiger partial charge >= 0.3 is 0 Å². The molecule has 0 bridgehead atoms. The number of fused-ring (bicyclic) bond motifs is 7. The number of benzene rings is 11. The number of hydrogen-bond acceptors (Lipinski definition) is 5. The van der Waals surface area contributed by atoms with Gasteiger partial charge in [0.15, 0.2) is 17.5 Å². The van der Waals surface area contributed by atoms with Gasteiger partial charge in [0.05, 0.1) is 22.4 Å². The van der Waals surface area contributed by atoms with E-state index in [4.69, 9.17) is 15.0 Å². The molecule has 0 radical (unpaired) electrons. The summed E-state index contributed by atoms with van der Waals surface area (Å²) < 4.78 is 2.49. The van der Waals surface area contributed by atoms with Crippen molar-refractivity contribution in [3.8, 4) is 62.1 Å². The highest BCUT2D eigenvalue weighted by atomic mass is 15.2. The van der Waals surface area contributed by atoms with Gasteiger partial charge in [-0.3, -0.25) is 0 Å². The van der Waals surface area contributed by atoms with Crippen molar-refractivity contribution in [2.45, 2.75) is 52.4 Å². The van der Waals surface area contributed by atoms with E-state index in [1.54, 1.807) is 0 Å². The molecular weight excluding hydrogens is 1020 g/mol. The third-order valence-corrected chi connectivity index (χ3v) is 17.1. The minimum atomic E-state index is -0.0450. The lowest BCUT2D eigenvalue weighted by molar-refractivity contribution is 0.590. The monoisotopic (exact) mass is 1080 g/mol. The standard InChI is InChI=1S/C77H61BN6/c1-76(2,3)55-39-43-66-61(48-55)62-49-56(77(4,5)6)40-44-67(62)84(66)65-42-38-54(75-80-73(50-24-11-7-12-25-50)79-74(81-75)51-26-13-8-14-27-51)47-60(65)53-29-23-28-52(46-53)59-41-45-70-71-72(59)83(58-32-17-10-18-33-58)69-37-22-20-35-64(69)78(71)63-34-19-21-36-68(63)82(70)57-30-15-9-16-31-57/h7-49H,1-6H3. The van der Waals surface area contributed by atoms with Crippen LogP contribution >= 0.6 is 0 Å². The average molecular weight is 1080 g/mol. The van der Waals surface area contributed by atoms with Crippen molar-refractivity contribution in [2.24, 2.45) is 0 Å². The predicted molar refractivity (Wildman–Crippen MR) is 353 cm³/mol. The molecule has 2 aliphatic heterocycles. The lowest BCUT2D eigenvalue weighted by Crippen LogP contribution is -2.61. The minimum absolute atomic E-state index is 0.0245. The summed E-state index contributed by atoms with van der Waals surface area (Å²) in [6, 6.07) is 95.1. The van der Waals surface area contributed by atoms with Crippen LogP contribution in [0.2, 0.25) is 0 Å². The van der Waals surface area contributed by atoms with Crippen molar-refractivity contribution in [3.63, 3.8) is 0 Å². The molecule has 0 saturated carbocycles. The number of para-hydroxylation sites is 4. The van der Waals surface area contributed by atoms with Gasteiger partial charge in [-0.05, 0) is 140 Å². The van der Waals surface area contributed by atoms with Crippen LogP contribution in [0, 0.1) is 0 Å². The Balaban J connectivity index is 1.00. The topological polar surface area (TPSA) is 50.1 Å². The van der Waals surface area contributed by atoms with Crippen LogP contribution in [0.1, 0.15) is 52.7 Å². The Hall–Kier alpha value is -10.1. The first-order valence-corrected chi connectivity index (χ1v) is 29.2. The largest absolute Gasteiger partial charge is 0.311 e. The van der Waals surface area contributed by atoms with E-state index in [-0.39, 0.29) is 17.5 Å². The van der Waals surface area contributed by atoms with E-state index in [0.29, 0.717) is 17.5 Å². The molecule has 2 aromatic heterocycles. The molecular formula is C77H61BN6. The van der Waals surface area contributed by atoms with E-state index in [1.165, 1.54) is 61.0 Å². The highest BCUT2D eigenvalue weighted by Gasteiger charge is 2.44. The van der Waals surface area contributed by atoms with Gasteiger partial charge in [0.1, 0.15) is 0 Å². The summed E-state index contributed by atoms with van der Waals surface area (Å²) in [5, 5.41) is 2.47. The summed E-state index contributed by atoms with van der Waals surface area (Å²) in [4.78, 5) is 20.7. The van der Waals surface area contributed by atoms with Crippen molar-refractivity contribution in [1.82, 2.24) is 19.5 Å². The molecule has 2 aliphatic rings. The minimum Gasteiger partial charge on any atom is -0.311 e. The second kappa shape index (κ2) is 19.8. The van der Waals surface area contributed by atoms with Crippen molar-refractivity contribution in [1.29, 1.82) is 0 Å². The number of rotatable bonds is 8. The molecule has 13 aromatic rings. The average Bonchev–Trinajstić information content (AvgIpc) is 1.69. The van der Waals surface area contributed by atoms with Crippen LogP contribution in [0.15, 0.2) is 261 Å². The zero-order chi connectivity index (χ0) is 56.8. The van der Waals surface area contributed by atoms with Crippen LogP contribution in [0.3, 0.4) is 0 Å². The fraction of sp³-hybridized carbons (Fsp3) is 0.104. The Morgan fingerprint density at radius 1 is 0.321 bits per heavy atom. The van der Waals surface area contributed by atoms with E-state index in [0.717, 1.165) is 67.0 Å². The Morgan fingerprint density at radius 2 is 0.762 bits per heavy atom. The van der Waals surface area contributed by atoms with Gasteiger partial charge in [-0.15, -0.1) is 0 Å². The van der Waals surface area contributed by atoms with Crippen LogP contribution in [0.4, 0.5) is 34.1 Å². The lowest BCUT2D eigenvalue weighted by Gasteiger charge is -2.45. The maximum Gasteiger partial charge on any atom is 0.252 e. The molecule has 0 aliphatic carbocycles. The molecule has 0 N–H and O–H groups in total. The smallest absolute Gasteiger partial charge is 0.252 e. The fourth-order valence-corrected chi connectivity index (χ4v) is 13.0.